The molecule has 2 N–H and O–H groups in total. The van der Waals surface area contributed by atoms with E-state index in [0.29, 0.717) is 44.7 Å². The van der Waals surface area contributed by atoms with Gasteiger partial charge in [-0.1, -0.05) is 42.5 Å². The molecule has 0 unspecified atom stereocenters. The molecule has 228 valence electrons. The molecule has 4 atom stereocenters. The van der Waals surface area contributed by atoms with E-state index < -0.39 is 25.7 Å². The summed E-state index contributed by atoms with van der Waals surface area (Å²) in [6, 6.07) is 15.5. The zero-order chi connectivity index (χ0) is 30.4. The molecule has 3 aromatic rings. The van der Waals surface area contributed by atoms with Gasteiger partial charge in [-0.15, -0.1) is 5.10 Å². The van der Waals surface area contributed by atoms with Gasteiger partial charge in [0.05, 0.1) is 30.6 Å². The monoisotopic (exact) mass is 606 g/mol. The van der Waals surface area contributed by atoms with Crippen molar-refractivity contribution in [3.63, 3.8) is 0 Å². The lowest BCUT2D eigenvalue weighted by Crippen LogP contribution is -2.48. The number of benzene rings is 2. The van der Waals surface area contributed by atoms with Crippen molar-refractivity contribution in [1.82, 2.24) is 20.3 Å². The Hall–Kier alpha value is -3.45. The number of ether oxygens (including phenoxy) is 1. The molecule has 1 spiro atoms. The number of rotatable bonds is 9. The van der Waals surface area contributed by atoms with Crippen LogP contribution in [0.15, 0.2) is 54.7 Å². The molecule has 0 radical (unpaired) electrons. The third-order valence-corrected chi connectivity index (χ3v) is 11.6. The van der Waals surface area contributed by atoms with E-state index in [1.165, 1.54) is 0 Å². The molecule has 12 heteroatoms. The van der Waals surface area contributed by atoms with Crippen molar-refractivity contribution in [3.8, 4) is 0 Å². The quantitative estimate of drug-likeness (QED) is 0.284. The van der Waals surface area contributed by atoms with Crippen molar-refractivity contribution in [2.45, 2.75) is 63.2 Å². The van der Waals surface area contributed by atoms with Gasteiger partial charge >= 0.3 is 0 Å². The van der Waals surface area contributed by atoms with E-state index in [-0.39, 0.29) is 24.3 Å². The van der Waals surface area contributed by atoms with Gasteiger partial charge in [0.2, 0.25) is 14.3 Å². The first kappa shape index (κ1) is 29.6. The van der Waals surface area contributed by atoms with Gasteiger partial charge in [-0.3, -0.25) is 14.3 Å². The van der Waals surface area contributed by atoms with Crippen molar-refractivity contribution in [1.29, 1.82) is 0 Å². The number of piperazine rings is 1. The van der Waals surface area contributed by atoms with E-state index in [1.807, 2.05) is 55.5 Å². The average Bonchev–Trinajstić information content (AvgIpc) is 3.63. The van der Waals surface area contributed by atoms with Gasteiger partial charge in [-0.05, 0) is 43.3 Å². The molecule has 1 aromatic heterocycles. The Balaban J connectivity index is 1.27. The summed E-state index contributed by atoms with van der Waals surface area (Å²) in [5, 5.41) is 20.6. The Labute approximate surface area is 252 Å². The maximum atomic E-state index is 16.1. The third-order valence-electron chi connectivity index (χ3n) is 9.14. The topological polar surface area (TPSA) is 113 Å². The standard InChI is InChI=1S/C31H39FN6O4Si/c1-21-29(43(2,3)32)27(12-15-36-20-23(13-17-39)34-35-36)42-31(21)25-6-4-5-7-26(25)38(30(31)41)19-22-8-10-24(11-9-22)37-16-14-33-18-28(37)40/h4-11,20-21,27,29,33,39H,12-19H2,1-3H3/t21-,27+,29-,31+/m1/s1. The molecule has 3 aliphatic rings. The van der Waals surface area contributed by atoms with E-state index in [9.17, 15) is 14.7 Å². The van der Waals surface area contributed by atoms with Gasteiger partial charge < -0.3 is 29.1 Å². The molecule has 2 amide bonds. The van der Waals surface area contributed by atoms with Crippen LogP contribution in [-0.4, -0.2) is 72.7 Å². The second kappa shape index (κ2) is 11.6. The number of hydrogen-bond acceptors (Lipinski definition) is 7. The fourth-order valence-electron chi connectivity index (χ4n) is 7.21. The Kier molecular flexibility index (Phi) is 7.96. The smallest absolute Gasteiger partial charge is 0.264 e. The molecular formula is C31H39FN6O4Si. The minimum Gasteiger partial charge on any atom is -0.396 e. The number of hydrogen-bond donors (Lipinski definition) is 2. The molecular weight excluding hydrogens is 567 g/mol. The normalized spacial score (nSPS) is 25.7. The van der Waals surface area contributed by atoms with Crippen LogP contribution in [0.4, 0.5) is 15.5 Å². The van der Waals surface area contributed by atoms with E-state index >= 15 is 4.11 Å². The van der Waals surface area contributed by atoms with E-state index in [4.69, 9.17) is 4.74 Å². The summed E-state index contributed by atoms with van der Waals surface area (Å²) in [6.07, 6.45) is 2.23. The number of aryl methyl sites for hydroxylation is 1. The van der Waals surface area contributed by atoms with Crippen molar-refractivity contribution >= 4 is 31.6 Å². The van der Waals surface area contributed by atoms with Crippen LogP contribution in [-0.2, 0) is 39.4 Å². The van der Waals surface area contributed by atoms with Gasteiger partial charge in [0, 0.05) is 61.6 Å². The first-order chi connectivity index (χ1) is 20.6. The molecule has 2 aromatic carbocycles. The highest BCUT2D eigenvalue weighted by Gasteiger charge is 2.66. The lowest BCUT2D eigenvalue weighted by Gasteiger charge is -2.31. The van der Waals surface area contributed by atoms with E-state index in [1.54, 1.807) is 33.8 Å². The summed E-state index contributed by atoms with van der Waals surface area (Å²) in [5.41, 5.74) is 2.34. The van der Waals surface area contributed by atoms with Crippen LogP contribution in [0.2, 0.25) is 18.6 Å². The molecule has 0 saturated carbocycles. The van der Waals surface area contributed by atoms with Crippen LogP contribution in [0, 0.1) is 5.92 Å². The Morgan fingerprint density at radius 3 is 2.65 bits per heavy atom. The first-order valence-corrected chi connectivity index (χ1v) is 18.0. The van der Waals surface area contributed by atoms with Crippen molar-refractivity contribution in [2.24, 2.45) is 5.92 Å². The van der Waals surface area contributed by atoms with Gasteiger partial charge in [-0.2, -0.15) is 0 Å². The fourth-order valence-corrected chi connectivity index (χ4v) is 9.75. The van der Waals surface area contributed by atoms with Gasteiger partial charge in [-0.25, -0.2) is 0 Å². The van der Waals surface area contributed by atoms with Gasteiger partial charge in [0.15, 0.2) is 5.60 Å². The van der Waals surface area contributed by atoms with Crippen molar-refractivity contribution in [2.75, 3.05) is 36.0 Å². The number of nitrogens with one attached hydrogen (secondary N) is 1. The second-order valence-corrected chi connectivity index (χ2v) is 16.1. The number of para-hydroxylation sites is 1. The molecule has 6 rings (SSSR count). The molecule has 2 fully saturated rings. The number of carbonyl (C=O) groups is 2. The van der Waals surface area contributed by atoms with Crippen LogP contribution in [0.5, 0.6) is 0 Å². The Morgan fingerprint density at radius 2 is 1.93 bits per heavy atom. The third kappa shape index (κ3) is 5.30. The van der Waals surface area contributed by atoms with Crippen LogP contribution in [0.3, 0.4) is 0 Å². The number of aliphatic hydroxyl groups is 1. The molecule has 43 heavy (non-hydrogen) atoms. The van der Waals surface area contributed by atoms with Crippen LogP contribution < -0.4 is 15.1 Å². The summed E-state index contributed by atoms with van der Waals surface area (Å²) < 4.78 is 24.6. The number of anilines is 2. The number of aromatic nitrogens is 3. The number of fused-ring (bicyclic) bond motifs is 2. The summed E-state index contributed by atoms with van der Waals surface area (Å²) in [5.74, 6) is -0.501. The van der Waals surface area contributed by atoms with Crippen molar-refractivity contribution < 1.29 is 23.5 Å². The molecule has 0 aliphatic carbocycles. The largest absolute Gasteiger partial charge is 0.396 e. The van der Waals surface area contributed by atoms with Gasteiger partial charge in [0.25, 0.3) is 5.91 Å². The minimum absolute atomic E-state index is 0.00776. The van der Waals surface area contributed by atoms with E-state index in [2.05, 4.69) is 15.6 Å². The number of nitrogens with zero attached hydrogens (tertiary/aromatic N) is 5. The summed E-state index contributed by atoms with van der Waals surface area (Å²) in [4.78, 5) is 30.4. The maximum absolute atomic E-state index is 16.1. The minimum atomic E-state index is -3.28. The Morgan fingerprint density at radius 1 is 1.16 bits per heavy atom. The number of aliphatic hydroxyl groups excluding tert-OH is 1. The van der Waals surface area contributed by atoms with Crippen LogP contribution >= 0.6 is 0 Å². The SMILES string of the molecule is C[C@@H]1[C@@H]([Si](C)(C)F)[C@H](CCn2cc(CCO)nn2)O[C@@]12C(=O)N(Cc1ccc(N3CCNCC3=O)cc1)c1ccccc12. The van der Waals surface area contributed by atoms with Crippen molar-refractivity contribution in [3.05, 3.63) is 71.5 Å². The average molecular weight is 607 g/mol. The van der Waals surface area contributed by atoms with E-state index in [0.717, 1.165) is 29.0 Å². The lowest BCUT2D eigenvalue weighted by molar-refractivity contribution is -0.146. The molecule has 4 heterocycles. The highest BCUT2D eigenvalue weighted by molar-refractivity contribution is 6.72. The summed E-state index contributed by atoms with van der Waals surface area (Å²) >= 11 is 0. The Bertz CT molecular complexity index is 1490. The number of amides is 2. The summed E-state index contributed by atoms with van der Waals surface area (Å²) in [7, 11) is -3.28. The fraction of sp³-hybridized carbons (Fsp3) is 0.484. The van der Waals surface area contributed by atoms with Crippen LogP contribution in [0.25, 0.3) is 0 Å². The first-order valence-electron chi connectivity index (χ1n) is 15.0. The molecule has 10 nitrogen and oxygen atoms in total. The van der Waals surface area contributed by atoms with Crippen LogP contribution in [0.1, 0.15) is 30.2 Å². The molecule has 0 bridgehead atoms. The predicted octanol–water partition coefficient (Wildman–Crippen LogP) is 3.16. The maximum Gasteiger partial charge on any atom is 0.264 e. The zero-order valence-electron chi connectivity index (χ0n) is 24.9. The highest BCUT2D eigenvalue weighted by Crippen LogP contribution is 2.60. The summed E-state index contributed by atoms with van der Waals surface area (Å²) in [6.45, 7) is 7.85. The second-order valence-electron chi connectivity index (χ2n) is 12.3. The molecule has 3 aliphatic heterocycles. The predicted molar refractivity (Wildman–Crippen MR) is 163 cm³/mol. The number of halogens is 1. The number of carbonyl (C=O) groups excluding carboxylic acids is 2. The van der Waals surface area contributed by atoms with Gasteiger partial charge in [0.1, 0.15) is 0 Å². The molecule has 2 saturated heterocycles. The lowest BCUT2D eigenvalue weighted by atomic mass is 9.82. The zero-order valence-corrected chi connectivity index (χ0v) is 25.9. The highest BCUT2D eigenvalue weighted by atomic mass is 28.4.